The summed E-state index contributed by atoms with van der Waals surface area (Å²) in [6, 6.07) is 3.40. The Labute approximate surface area is 91.8 Å². The van der Waals surface area contributed by atoms with Crippen LogP contribution in [0.2, 0.25) is 10.0 Å². The highest BCUT2D eigenvalue weighted by atomic mass is 35.5. The highest BCUT2D eigenvalue weighted by Gasteiger charge is 2.12. The molecule has 0 saturated heterocycles. The fraction of sp³-hybridized carbons (Fsp3) is 0.300. The van der Waals surface area contributed by atoms with E-state index in [1.165, 1.54) is 0 Å². The fourth-order valence-electron chi connectivity index (χ4n) is 1.22. The minimum Gasteiger partial charge on any atom is -0.439 e. The summed E-state index contributed by atoms with van der Waals surface area (Å²) in [5.74, 6) is 0.932. The van der Waals surface area contributed by atoms with Gasteiger partial charge in [-0.2, -0.15) is 0 Å². The Hall–Kier alpha value is -0.730. The van der Waals surface area contributed by atoms with Crippen LogP contribution in [-0.4, -0.2) is 4.98 Å². The van der Waals surface area contributed by atoms with Gasteiger partial charge in [0.1, 0.15) is 5.52 Å². The Kier molecular flexibility index (Phi) is 2.41. The quantitative estimate of drug-likeness (QED) is 0.731. The van der Waals surface area contributed by atoms with E-state index in [4.69, 9.17) is 27.6 Å². The first kappa shape index (κ1) is 9.81. The first-order valence-electron chi connectivity index (χ1n) is 4.33. The molecule has 2 aromatic rings. The molecular formula is C10H9Cl2NO. The molecule has 0 saturated carbocycles. The van der Waals surface area contributed by atoms with E-state index in [2.05, 4.69) is 4.98 Å². The van der Waals surface area contributed by atoms with Gasteiger partial charge in [0, 0.05) is 10.9 Å². The molecular weight excluding hydrogens is 221 g/mol. The molecule has 0 aliphatic rings. The number of hydrogen-bond donors (Lipinski definition) is 0. The Morgan fingerprint density at radius 1 is 1.29 bits per heavy atom. The van der Waals surface area contributed by atoms with Crippen molar-refractivity contribution in [2.75, 3.05) is 0 Å². The van der Waals surface area contributed by atoms with Crippen LogP contribution in [0.15, 0.2) is 16.5 Å². The van der Waals surface area contributed by atoms with Crippen molar-refractivity contribution in [3.05, 3.63) is 28.1 Å². The third-order valence-electron chi connectivity index (χ3n) is 1.92. The number of fused-ring (bicyclic) bond motifs is 1. The average molecular weight is 230 g/mol. The van der Waals surface area contributed by atoms with Crippen LogP contribution in [0.25, 0.3) is 11.1 Å². The lowest BCUT2D eigenvalue weighted by Crippen LogP contribution is -1.84. The zero-order valence-corrected chi connectivity index (χ0v) is 9.36. The molecule has 0 aliphatic carbocycles. The van der Waals surface area contributed by atoms with Crippen LogP contribution in [0, 0.1) is 0 Å². The highest BCUT2D eigenvalue weighted by molar-refractivity contribution is 6.37. The van der Waals surface area contributed by atoms with Gasteiger partial charge in [0.15, 0.2) is 11.5 Å². The van der Waals surface area contributed by atoms with Crippen molar-refractivity contribution in [3.63, 3.8) is 0 Å². The summed E-state index contributed by atoms with van der Waals surface area (Å²) < 4.78 is 5.51. The summed E-state index contributed by atoms with van der Waals surface area (Å²) in [4.78, 5) is 4.30. The van der Waals surface area contributed by atoms with Gasteiger partial charge in [0.25, 0.3) is 0 Å². The number of oxazole rings is 1. The predicted molar refractivity (Wildman–Crippen MR) is 58.1 cm³/mol. The summed E-state index contributed by atoms with van der Waals surface area (Å²) in [6.07, 6.45) is 0. The zero-order chi connectivity index (χ0) is 10.3. The molecule has 4 heteroatoms. The summed E-state index contributed by atoms with van der Waals surface area (Å²) in [6.45, 7) is 4.03. The molecule has 0 amide bonds. The molecule has 0 spiro atoms. The van der Waals surface area contributed by atoms with Gasteiger partial charge in [-0.1, -0.05) is 37.0 Å². The topological polar surface area (TPSA) is 26.0 Å². The van der Waals surface area contributed by atoms with Crippen LogP contribution >= 0.6 is 23.2 Å². The molecule has 0 atom stereocenters. The maximum Gasteiger partial charge on any atom is 0.198 e. The Morgan fingerprint density at radius 3 is 2.64 bits per heavy atom. The third-order valence-corrected chi connectivity index (χ3v) is 2.42. The van der Waals surface area contributed by atoms with Crippen LogP contribution in [0.4, 0.5) is 0 Å². The Balaban J connectivity index is 2.70. The standard InChI is InChI=1S/C10H9Cl2NO/c1-5(2)10-13-8-4-6(11)3-7(12)9(8)14-10/h3-5H,1-2H3. The summed E-state index contributed by atoms with van der Waals surface area (Å²) in [5, 5.41) is 1.08. The number of halogens is 2. The van der Waals surface area contributed by atoms with E-state index >= 15 is 0 Å². The minimum absolute atomic E-state index is 0.247. The second-order valence-corrected chi connectivity index (χ2v) is 4.29. The first-order valence-corrected chi connectivity index (χ1v) is 5.09. The van der Waals surface area contributed by atoms with E-state index in [-0.39, 0.29) is 5.92 Å². The molecule has 74 valence electrons. The van der Waals surface area contributed by atoms with Gasteiger partial charge >= 0.3 is 0 Å². The maximum atomic E-state index is 5.96. The van der Waals surface area contributed by atoms with Gasteiger partial charge < -0.3 is 4.42 Å². The Bertz CT molecular complexity index is 476. The zero-order valence-electron chi connectivity index (χ0n) is 7.84. The van der Waals surface area contributed by atoms with E-state index in [0.717, 1.165) is 0 Å². The van der Waals surface area contributed by atoms with Crippen LogP contribution in [0.1, 0.15) is 25.7 Å². The van der Waals surface area contributed by atoms with Gasteiger partial charge in [0.05, 0.1) is 5.02 Å². The molecule has 2 rings (SSSR count). The summed E-state index contributed by atoms with van der Waals surface area (Å²) >= 11 is 11.8. The molecule has 0 bridgehead atoms. The summed E-state index contributed by atoms with van der Waals surface area (Å²) in [7, 11) is 0. The lowest BCUT2D eigenvalue weighted by molar-refractivity contribution is 0.501. The minimum atomic E-state index is 0.247. The van der Waals surface area contributed by atoms with Crippen molar-refractivity contribution in [2.24, 2.45) is 0 Å². The molecule has 14 heavy (non-hydrogen) atoms. The number of hydrogen-bond acceptors (Lipinski definition) is 2. The van der Waals surface area contributed by atoms with Gasteiger partial charge in [-0.25, -0.2) is 4.98 Å². The number of benzene rings is 1. The fourth-order valence-corrected chi connectivity index (χ4v) is 1.75. The van der Waals surface area contributed by atoms with Crippen molar-refractivity contribution >= 4 is 34.3 Å². The molecule has 1 heterocycles. The second-order valence-electron chi connectivity index (χ2n) is 3.44. The molecule has 0 N–H and O–H groups in total. The summed E-state index contributed by atoms with van der Waals surface area (Å²) in [5.41, 5.74) is 1.32. The van der Waals surface area contributed by atoms with Gasteiger partial charge in [-0.15, -0.1) is 0 Å². The number of rotatable bonds is 1. The van der Waals surface area contributed by atoms with Crippen molar-refractivity contribution in [3.8, 4) is 0 Å². The average Bonchev–Trinajstić information content (AvgIpc) is 2.47. The Morgan fingerprint density at radius 2 is 2.00 bits per heavy atom. The van der Waals surface area contributed by atoms with Crippen LogP contribution in [0.3, 0.4) is 0 Å². The van der Waals surface area contributed by atoms with Gasteiger partial charge in [0.2, 0.25) is 0 Å². The van der Waals surface area contributed by atoms with Crippen LogP contribution in [0.5, 0.6) is 0 Å². The largest absolute Gasteiger partial charge is 0.439 e. The molecule has 0 radical (unpaired) electrons. The van der Waals surface area contributed by atoms with Crippen molar-refractivity contribution in [1.82, 2.24) is 4.98 Å². The van der Waals surface area contributed by atoms with E-state index in [1.54, 1.807) is 12.1 Å². The molecule has 1 aromatic carbocycles. The maximum absolute atomic E-state index is 5.96. The van der Waals surface area contributed by atoms with Crippen LogP contribution < -0.4 is 0 Å². The monoisotopic (exact) mass is 229 g/mol. The van der Waals surface area contributed by atoms with Gasteiger partial charge in [-0.3, -0.25) is 0 Å². The predicted octanol–water partition coefficient (Wildman–Crippen LogP) is 4.26. The lowest BCUT2D eigenvalue weighted by Gasteiger charge is -1.94. The molecule has 2 nitrogen and oxygen atoms in total. The molecule has 0 unspecified atom stereocenters. The second kappa shape index (κ2) is 3.44. The lowest BCUT2D eigenvalue weighted by atomic mass is 10.2. The SMILES string of the molecule is CC(C)c1nc2cc(Cl)cc(Cl)c2o1. The van der Waals surface area contributed by atoms with Crippen molar-refractivity contribution in [1.29, 1.82) is 0 Å². The number of nitrogens with zero attached hydrogens (tertiary/aromatic N) is 1. The van der Waals surface area contributed by atoms with Crippen molar-refractivity contribution in [2.45, 2.75) is 19.8 Å². The van der Waals surface area contributed by atoms with Crippen molar-refractivity contribution < 1.29 is 4.42 Å². The first-order chi connectivity index (χ1) is 6.58. The van der Waals surface area contributed by atoms with E-state index in [9.17, 15) is 0 Å². The third kappa shape index (κ3) is 1.60. The van der Waals surface area contributed by atoms with E-state index < -0.39 is 0 Å². The number of aromatic nitrogens is 1. The smallest absolute Gasteiger partial charge is 0.198 e. The van der Waals surface area contributed by atoms with E-state index in [0.29, 0.717) is 27.0 Å². The molecule has 1 aromatic heterocycles. The van der Waals surface area contributed by atoms with E-state index in [1.807, 2.05) is 13.8 Å². The normalized spacial score (nSPS) is 11.5. The highest BCUT2D eigenvalue weighted by Crippen LogP contribution is 2.30. The van der Waals surface area contributed by atoms with Gasteiger partial charge in [-0.05, 0) is 12.1 Å². The molecule has 0 aliphatic heterocycles. The van der Waals surface area contributed by atoms with Crippen LogP contribution in [-0.2, 0) is 0 Å². The molecule has 0 fully saturated rings.